The van der Waals surface area contributed by atoms with E-state index in [0.717, 1.165) is 42.1 Å². The summed E-state index contributed by atoms with van der Waals surface area (Å²) >= 11 is 5.25. The lowest BCUT2D eigenvalue weighted by Gasteiger charge is -2.34. The van der Waals surface area contributed by atoms with E-state index in [1.165, 1.54) is 4.88 Å². The summed E-state index contributed by atoms with van der Waals surface area (Å²) in [6.07, 6.45) is 0.330. The van der Waals surface area contributed by atoms with E-state index in [-0.39, 0.29) is 11.9 Å². The van der Waals surface area contributed by atoms with E-state index in [4.69, 9.17) is 0 Å². The molecule has 0 spiro atoms. The Morgan fingerprint density at radius 2 is 1.75 bits per heavy atom. The number of carbonyl (C=O) groups excluding carboxylic acids is 2. The van der Waals surface area contributed by atoms with E-state index in [1.54, 1.807) is 11.3 Å². The number of thiophene rings is 1. The van der Waals surface area contributed by atoms with Crippen LogP contribution in [0, 0.1) is 0 Å². The average molecular weight is 465 g/mol. The van der Waals surface area contributed by atoms with Crippen molar-refractivity contribution in [2.45, 2.75) is 19.5 Å². The minimum atomic E-state index is -0.247. The van der Waals surface area contributed by atoms with Gasteiger partial charge in [0.1, 0.15) is 0 Å². The number of hydrogen-bond donors (Lipinski definition) is 2. The zero-order valence-electron chi connectivity index (χ0n) is 15.7. The van der Waals surface area contributed by atoms with Crippen LogP contribution in [0.15, 0.2) is 46.3 Å². The van der Waals surface area contributed by atoms with Gasteiger partial charge in [-0.3, -0.25) is 9.69 Å². The number of carbonyl (C=O) groups is 2. The molecule has 1 saturated heterocycles. The maximum Gasteiger partial charge on any atom is 0.315 e. The van der Waals surface area contributed by atoms with Crippen LogP contribution in [0.2, 0.25) is 0 Å². The van der Waals surface area contributed by atoms with E-state index in [2.05, 4.69) is 43.6 Å². The highest BCUT2D eigenvalue weighted by Gasteiger charge is 2.21. The lowest BCUT2D eigenvalue weighted by molar-refractivity contribution is -0.132. The van der Waals surface area contributed by atoms with E-state index in [9.17, 15) is 9.59 Å². The van der Waals surface area contributed by atoms with Crippen LogP contribution < -0.4 is 10.6 Å². The average Bonchev–Trinajstić information content (AvgIpc) is 3.12. The predicted octanol–water partition coefficient (Wildman–Crippen LogP) is 3.04. The first-order valence-electron chi connectivity index (χ1n) is 9.40. The zero-order valence-corrected chi connectivity index (χ0v) is 18.1. The molecule has 0 unspecified atom stereocenters. The van der Waals surface area contributed by atoms with Gasteiger partial charge >= 0.3 is 6.03 Å². The Morgan fingerprint density at radius 3 is 2.43 bits per heavy atom. The van der Waals surface area contributed by atoms with Crippen LogP contribution in [0.25, 0.3) is 0 Å². The smallest absolute Gasteiger partial charge is 0.315 e. The molecule has 1 aromatic heterocycles. The summed E-state index contributed by atoms with van der Waals surface area (Å²) in [5.41, 5.74) is 1.04. The molecule has 0 radical (unpaired) electrons. The Balaban J connectivity index is 1.29. The Morgan fingerprint density at radius 1 is 1.00 bits per heavy atom. The van der Waals surface area contributed by atoms with Gasteiger partial charge < -0.3 is 15.5 Å². The van der Waals surface area contributed by atoms with Crippen molar-refractivity contribution >= 4 is 39.2 Å². The Bertz CT molecular complexity index is 776. The highest BCUT2D eigenvalue weighted by Crippen LogP contribution is 2.23. The monoisotopic (exact) mass is 464 g/mol. The van der Waals surface area contributed by atoms with Gasteiger partial charge in [-0.15, -0.1) is 11.3 Å². The lowest BCUT2D eigenvalue weighted by atomic mass is 10.2. The van der Waals surface area contributed by atoms with Gasteiger partial charge in [0, 0.05) is 57.1 Å². The summed E-state index contributed by atoms with van der Waals surface area (Å²) in [6.45, 7) is 5.00. The number of nitrogens with one attached hydrogen (secondary N) is 2. The van der Waals surface area contributed by atoms with Crippen molar-refractivity contribution in [3.63, 3.8) is 0 Å². The highest BCUT2D eigenvalue weighted by atomic mass is 79.9. The van der Waals surface area contributed by atoms with Crippen LogP contribution in [-0.2, 0) is 17.9 Å². The number of urea groups is 1. The second kappa shape index (κ2) is 10.6. The molecule has 1 fully saturated rings. The van der Waals surface area contributed by atoms with E-state index in [0.29, 0.717) is 19.5 Å². The number of nitrogens with zero attached hydrogens (tertiary/aromatic N) is 2. The van der Waals surface area contributed by atoms with E-state index in [1.807, 2.05) is 35.2 Å². The summed E-state index contributed by atoms with van der Waals surface area (Å²) in [5, 5.41) is 5.55. The first kappa shape index (κ1) is 20.8. The fourth-order valence-electron chi connectivity index (χ4n) is 3.09. The van der Waals surface area contributed by atoms with Crippen molar-refractivity contribution in [3.05, 3.63) is 56.7 Å². The second-order valence-corrected chi connectivity index (χ2v) is 9.26. The number of hydrogen-bond acceptors (Lipinski definition) is 4. The minimum Gasteiger partial charge on any atom is -0.340 e. The first-order valence-corrected chi connectivity index (χ1v) is 11.0. The third-order valence-electron chi connectivity index (χ3n) is 4.65. The minimum absolute atomic E-state index is 0.0990. The molecule has 1 aromatic carbocycles. The van der Waals surface area contributed by atoms with E-state index < -0.39 is 0 Å². The molecule has 0 bridgehead atoms. The molecule has 2 N–H and O–H groups in total. The third kappa shape index (κ3) is 6.61. The molecule has 3 amide bonds. The Labute approximate surface area is 178 Å². The molecule has 28 heavy (non-hydrogen) atoms. The summed E-state index contributed by atoms with van der Waals surface area (Å²) in [6, 6.07) is 13.7. The quantitative estimate of drug-likeness (QED) is 0.661. The van der Waals surface area contributed by atoms with Gasteiger partial charge in [0.05, 0.1) is 3.79 Å². The molecule has 1 aliphatic heterocycles. The van der Waals surface area contributed by atoms with Crippen molar-refractivity contribution in [1.82, 2.24) is 20.4 Å². The maximum absolute atomic E-state index is 12.4. The number of amides is 3. The summed E-state index contributed by atoms with van der Waals surface area (Å²) < 4.78 is 1.15. The van der Waals surface area contributed by atoms with Crippen molar-refractivity contribution in [3.8, 4) is 0 Å². The zero-order chi connectivity index (χ0) is 19.8. The van der Waals surface area contributed by atoms with Gasteiger partial charge in [-0.25, -0.2) is 4.79 Å². The molecule has 0 atom stereocenters. The Hall–Kier alpha value is -1.90. The van der Waals surface area contributed by atoms with E-state index >= 15 is 0 Å². The standard InChI is InChI=1S/C20H25BrN4O2S/c21-18-7-6-17(28-18)15-24-10-12-25(13-11-24)19(26)8-9-22-20(27)23-14-16-4-2-1-3-5-16/h1-7H,8-15H2,(H2,22,23,27). The number of benzene rings is 1. The van der Waals surface area contributed by atoms with Crippen LogP contribution in [0.5, 0.6) is 0 Å². The van der Waals surface area contributed by atoms with Gasteiger partial charge in [-0.2, -0.15) is 0 Å². The van der Waals surface area contributed by atoms with Gasteiger partial charge in [-0.1, -0.05) is 30.3 Å². The molecular formula is C20H25BrN4O2S. The Kier molecular flexibility index (Phi) is 7.88. The third-order valence-corrected chi connectivity index (χ3v) is 6.26. The molecule has 1 aliphatic rings. The van der Waals surface area contributed by atoms with Crippen molar-refractivity contribution in [2.24, 2.45) is 0 Å². The van der Waals surface area contributed by atoms with Crippen molar-refractivity contribution in [2.75, 3.05) is 32.7 Å². The van der Waals surface area contributed by atoms with Gasteiger partial charge in [0.25, 0.3) is 0 Å². The van der Waals surface area contributed by atoms with Crippen LogP contribution >= 0.6 is 27.3 Å². The van der Waals surface area contributed by atoms with Crippen LogP contribution in [0.3, 0.4) is 0 Å². The largest absolute Gasteiger partial charge is 0.340 e. The van der Waals surface area contributed by atoms with Crippen LogP contribution in [0.1, 0.15) is 16.9 Å². The number of halogens is 1. The molecule has 2 aromatic rings. The summed E-state index contributed by atoms with van der Waals surface area (Å²) in [4.78, 5) is 29.8. The number of piperazine rings is 1. The second-order valence-electron chi connectivity index (χ2n) is 6.71. The predicted molar refractivity (Wildman–Crippen MR) is 115 cm³/mol. The normalized spacial score (nSPS) is 14.7. The van der Waals surface area contributed by atoms with Crippen LogP contribution in [0.4, 0.5) is 4.79 Å². The highest BCUT2D eigenvalue weighted by molar-refractivity contribution is 9.11. The fraction of sp³-hybridized carbons (Fsp3) is 0.400. The maximum atomic E-state index is 12.4. The lowest BCUT2D eigenvalue weighted by Crippen LogP contribution is -2.48. The van der Waals surface area contributed by atoms with Gasteiger partial charge in [-0.05, 0) is 33.6 Å². The van der Waals surface area contributed by atoms with Crippen molar-refractivity contribution < 1.29 is 9.59 Å². The molecule has 0 saturated carbocycles. The topological polar surface area (TPSA) is 64.7 Å². The molecule has 3 rings (SSSR count). The first-order chi connectivity index (χ1) is 13.6. The van der Waals surface area contributed by atoms with Crippen LogP contribution in [-0.4, -0.2) is 54.5 Å². The van der Waals surface area contributed by atoms with Gasteiger partial charge in [0.2, 0.25) is 5.91 Å². The molecular weight excluding hydrogens is 440 g/mol. The fourth-order valence-corrected chi connectivity index (χ4v) is 4.62. The van der Waals surface area contributed by atoms with Crippen molar-refractivity contribution in [1.29, 1.82) is 0 Å². The molecule has 6 nitrogen and oxygen atoms in total. The summed E-state index contributed by atoms with van der Waals surface area (Å²) in [5.74, 6) is 0.0990. The molecule has 8 heteroatoms. The number of rotatable bonds is 7. The van der Waals surface area contributed by atoms with Gasteiger partial charge in [0.15, 0.2) is 0 Å². The SMILES string of the molecule is O=C(NCCC(=O)N1CCN(Cc2ccc(Br)s2)CC1)NCc1ccccc1. The summed E-state index contributed by atoms with van der Waals surface area (Å²) in [7, 11) is 0. The molecule has 0 aliphatic carbocycles. The molecule has 2 heterocycles. The molecule has 150 valence electrons.